The Hall–Kier alpha value is -2.89. The van der Waals surface area contributed by atoms with Gasteiger partial charge in [0.1, 0.15) is 5.82 Å². The van der Waals surface area contributed by atoms with Crippen LogP contribution in [-0.4, -0.2) is 35.8 Å². The number of nitrogens with one attached hydrogen (secondary N) is 1. The highest BCUT2D eigenvalue weighted by molar-refractivity contribution is 6.01. The van der Waals surface area contributed by atoms with E-state index in [0.717, 1.165) is 16.8 Å². The molecule has 0 aliphatic carbocycles. The van der Waals surface area contributed by atoms with E-state index in [4.69, 9.17) is 4.84 Å². The maximum Gasteiger partial charge on any atom is 0.317 e. The van der Waals surface area contributed by atoms with Gasteiger partial charge >= 0.3 is 6.03 Å². The SMILES string of the molecule is CCNC(=O)N(Cc1ccc(F)cc1)C[C@H]1CC(c2ccc(C)cc2)=NO1. The number of rotatable bonds is 6. The zero-order valence-corrected chi connectivity index (χ0v) is 15.6. The highest BCUT2D eigenvalue weighted by atomic mass is 19.1. The van der Waals surface area contributed by atoms with Crippen molar-refractivity contribution in [2.75, 3.05) is 13.1 Å². The number of oxime groups is 1. The Morgan fingerprint density at radius 2 is 1.93 bits per heavy atom. The molecular formula is C21H24FN3O2. The zero-order valence-electron chi connectivity index (χ0n) is 15.6. The van der Waals surface area contributed by atoms with Crippen LogP contribution in [0.3, 0.4) is 0 Å². The van der Waals surface area contributed by atoms with E-state index in [0.29, 0.717) is 26.1 Å². The monoisotopic (exact) mass is 369 g/mol. The van der Waals surface area contributed by atoms with E-state index >= 15 is 0 Å². The van der Waals surface area contributed by atoms with Crippen molar-refractivity contribution < 1.29 is 14.0 Å². The maximum absolute atomic E-state index is 13.1. The Morgan fingerprint density at radius 1 is 1.22 bits per heavy atom. The predicted octanol–water partition coefficient (Wildman–Crippen LogP) is 3.86. The van der Waals surface area contributed by atoms with Crippen LogP contribution >= 0.6 is 0 Å². The van der Waals surface area contributed by atoms with Crippen LogP contribution in [0.4, 0.5) is 9.18 Å². The Labute approximate surface area is 158 Å². The number of carbonyl (C=O) groups excluding carboxylic acids is 1. The van der Waals surface area contributed by atoms with Gasteiger partial charge in [-0.1, -0.05) is 47.1 Å². The number of urea groups is 1. The van der Waals surface area contributed by atoms with Gasteiger partial charge in [0.05, 0.1) is 12.3 Å². The third-order valence-corrected chi connectivity index (χ3v) is 4.44. The van der Waals surface area contributed by atoms with Crippen LogP contribution in [0.1, 0.15) is 30.0 Å². The Kier molecular flexibility index (Phi) is 6.06. The van der Waals surface area contributed by atoms with Crippen molar-refractivity contribution in [3.8, 4) is 0 Å². The molecule has 1 atom stereocenters. The molecule has 0 saturated carbocycles. The number of aryl methyl sites for hydroxylation is 1. The Balaban J connectivity index is 1.64. The number of halogens is 1. The number of hydrogen-bond donors (Lipinski definition) is 1. The highest BCUT2D eigenvalue weighted by Crippen LogP contribution is 2.19. The molecule has 5 nitrogen and oxygen atoms in total. The first-order chi connectivity index (χ1) is 13.0. The molecule has 2 aromatic carbocycles. The summed E-state index contributed by atoms with van der Waals surface area (Å²) in [6.07, 6.45) is 0.437. The van der Waals surface area contributed by atoms with Gasteiger partial charge in [0.2, 0.25) is 0 Å². The number of nitrogens with zero attached hydrogens (tertiary/aromatic N) is 2. The van der Waals surface area contributed by atoms with E-state index in [-0.39, 0.29) is 18.0 Å². The van der Waals surface area contributed by atoms with Crippen molar-refractivity contribution in [3.05, 3.63) is 71.0 Å². The van der Waals surface area contributed by atoms with Crippen LogP contribution in [0.25, 0.3) is 0 Å². The predicted molar refractivity (Wildman–Crippen MR) is 103 cm³/mol. The van der Waals surface area contributed by atoms with Gasteiger partial charge in [-0.15, -0.1) is 0 Å². The molecular weight excluding hydrogens is 345 g/mol. The summed E-state index contributed by atoms with van der Waals surface area (Å²) in [5.74, 6) is -0.293. The van der Waals surface area contributed by atoms with Gasteiger partial charge < -0.3 is 15.1 Å². The van der Waals surface area contributed by atoms with E-state index < -0.39 is 0 Å². The first-order valence-electron chi connectivity index (χ1n) is 9.12. The first kappa shape index (κ1) is 18.9. The van der Waals surface area contributed by atoms with Crippen LogP contribution in [-0.2, 0) is 11.4 Å². The van der Waals surface area contributed by atoms with Crippen LogP contribution in [0.15, 0.2) is 53.7 Å². The van der Waals surface area contributed by atoms with Crippen molar-refractivity contribution in [1.82, 2.24) is 10.2 Å². The lowest BCUT2D eigenvalue weighted by molar-refractivity contribution is 0.0590. The summed E-state index contributed by atoms with van der Waals surface area (Å²) in [6.45, 7) is 5.24. The number of benzene rings is 2. The van der Waals surface area contributed by atoms with Crippen LogP contribution < -0.4 is 5.32 Å². The molecule has 0 radical (unpaired) electrons. The summed E-state index contributed by atoms with van der Waals surface area (Å²) in [6, 6.07) is 14.1. The van der Waals surface area contributed by atoms with E-state index in [1.165, 1.54) is 17.7 Å². The maximum atomic E-state index is 13.1. The molecule has 1 N–H and O–H groups in total. The van der Waals surface area contributed by atoms with E-state index in [9.17, 15) is 9.18 Å². The lowest BCUT2D eigenvalue weighted by Crippen LogP contribution is -2.43. The van der Waals surface area contributed by atoms with Gasteiger partial charge in [-0.2, -0.15) is 0 Å². The molecule has 0 bridgehead atoms. The second-order valence-electron chi connectivity index (χ2n) is 6.68. The zero-order chi connectivity index (χ0) is 19.2. The number of carbonyl (C=O) groups is 1. The molecule has 2 amide bonds. The minimum atomic E-state index is -0.293. The molecule has 0 saturated heterocycles. The van der Waals surface area contributed by atoms with Crippen molar-refractivity contribution in [1.29, 1.82) is 0 Å². The van der Waals surface area contributed by atoms with Gasteiger partial charge in [-0.05, 0) is 37.1 Å². The molecule has 0 aromatic heterocycles. The third kappa shape index (κ3) is 5.06. The second-order valence-corrected chi connectivity index (χ2v) is 6.68. The topological polar surface area (TPSA) is 53.9 Å². The fourth-order valence-corrected chi connectivity index (χ4v) is 2.98. The molecule has 1 aliphatic rings. The Morgan fingerprint density at radius 3 is 2.59 bits per heavy atom. The molecule has 2 aromatic rings. The normalized spacial score (nSPS) is 15.8. The fraction of sp³-hybridized carbons (Fsp3) is 0.333. The summed E-state index contributed by atoms with van der Waals surface area (Å²) >= 11 is 0. The fourth-order valence-electron chi connectivity index (χ4n) is 2.98. The summed E-state index contributed by atoms with van der Waals surface area (Å²) < 4.78 is 13.1. The van der Waals surface area contributed by atoms with E-state index in [1.54, 1.807) is 17.0 Å². The average Bonchev–Trinajstić information content (AvgIpc) is 3.12. The van der Waals surface area contributed by atoms with Gasteiger partial charge in [0, 0.05) is 19.5 Å². The van der Waals surface area contributed by atoms with Gasteiger partial charge in [-0.3, -0.25) is 0 Å². The highest BCUT2D eigenvalue weighted by Gasteiger charge is 2.26. The molecule has 1 heterocycles. The van der Waals surface area contributed by atoms with Crippen molar-refractivity contribution in [2.24, 2.45) is 5.16 Å². The van der Waals surface area contributed by atoms with E-state index in [1.807, 2.05) is 38.1 Å². The van der Waals surface area contributed by atoms with Crippen LogP contribution in [0.5, 0.6) is 0 Å². The Bertz CT molecular complexity index is 803. The molecule has 3 rings (SSSR count). The van der Waals surface area contributed by atoms with Crippen LogP contribution in [0.2, 0.25) is 0 Å². The summed E-state index contributed by atoms with van der Waals surface area (Å²) in [5.41, 5.74) is 3.97. The molecule has 142 valence electrons. The molecule has 1 aliphatic heterocycles. The number of hydrogen-bond acceptors (Lipinski definition) is 3. The van der Waals surface area contributed by atoms with E-state index in [2.05, 4.69) is 10.5 Å². The lowest BCUT2D eigenvalue weighted by atomic mass is 10.0. The van der Waals surface area contributed by atoms with Crippen molar-refractivity contribution in [2.45, 2.75) is 32.9 Å². The van der Waals surface area contributed by atoms with Gasteiger partial charge in [-0.25, -0.2) is 9.18 Å². The third-order valence-electron chi connectivity index (χ3n) is 4.44. The summed E-state index contributed by atoms with van der Waals surface area (Å²) in [7, 11) is 0. The van der Waals surface area contributed by atoms with Gasteiger partial charge in [0.15, 0.2) is 6.10 Å². The largest absolute Gasteiger partial charge is 0.390 e. The van der Waals surface area contributed by atoms with Gasteiger partial charge in [0.25, 0.3) is 0 Å². The van der Waals surface area contributed by atoms with Crippen LogP contribution in [0, 0.1) is 12.7 Å². The second kappa shape index (κ2) is 8.66. The standard InChI is InChI=1S/C21H24FN3O2/c1-3-23-21(26)25(13-16-6-10-18(22)11-7-16)14-19-12-20(24-27-19)17-8-4-15(2)5-9-17/h4-11,19H,3,12-14H2,1-2H3,(H,23,26)/t19-/m1/s1. The molecule has 0 fully saturated rings. The molecule has 27 heavy (non-hydrogen) atoms. The number of amides is 2. The molecule has 6 heteroatoms. The molecule has 0 spiro atoms. The van der Waals surface area contributed by atoms with Crippen molar-refractivity contribution >= 4 is 11.7 Å². The summed E-state index contributed by atoms with van der Waals surface area (Å²) in [5, 5.41) is 7.02. The van der Waals surface area contributed by atoms with Crippen molar-refractivity contribution in [3.63, 3.8) is 0 Å². The lowest BCUT2D eigenvalue weighted by Gasteiger charge is -2.25. The molecule has 0 unspecified atom stereocenters. The minimum Gasteiger partial charge on any atom is -0.390 e. The smallest absolute Gasteiger partial charge is 0.317 e. The average molecular weight is 369 g/mol. The quantitative estimate of drug-likeness (QED) is 0.841. The minimum absolute atomic E-state index is 0.172. The first-order valence-corrected chi connectivity index (χ1v) is 9.12. The summed E-state index contributed by atoms with van der Waals surface area (Å²) in [4.78, 5) is 19.7.